The Morgan fingerprint density at radius 3 is 2.88 bits per heavy atom. The third-order valence-electron chi connectivity index (χ3n) is 3.38. The van der Waals surface area contributed by atoms with Crippen LogP contribution in [-0.4, -0.2) is 21.2 Å². The standard InChI is InChI=1S/C17H16FN5OS2/c1-2-14(11-5-4-8-19-10-11)25-17-23-22-16(26-17)21-15(24)20-13-7-3-6-12(18)9-13/h3-10,14H,2H2,1H3,(H2,20,21,22,24). The Morgan fingerprint density at radius 2 is 2.15 bits per heavy atom. The largest absolute Gasteiger partial charge is 0.325 e. The zero-order valence-electron chi connectivity index (χ0n) is 13.8. The van der Waals surface area contributed by atoms with Gasteiger partial charge >= 0.3 is 6.03 Å². The van der Waals surface area contributed by atoms with Crippen LogP contribution in [0.25, 0.3) is 0 Å². The van der Waals surface area contributed by atoms with Gasteiger partial charge < -0.3 is 5.32 Å². The van der Waals surface area contributed by atoms with Crippen LogP contribution in [0.5, 0.6) is 0 Å². The monoisotopic (exact) mass is 389 g/mol. The maximum Gasteiger partial charge on any atom is 0.325 e. The SMILES string of the molecule is CCC(Sc1nnc(NC(=O)Nc2cccc(F)c2)s1)c1cccnc1. The van der Waals surface area contributed by atoms with Crippen LogP contribution >= 0.6 is 23.1 Å². The van der Waals surface area contributed by atoms with Crippen molar-refractivity contribution in [2.45, 2.75) is 22.9 Å². The van der Waals surface area contributed by atoms with Gasteiger partial charge in [0.05, 0.1) is 0 Å². The Morgan fingerprint density at radius 1 is 1.27 bits per heavy atom. The first-order valence-corrected chi connectivity index (χ1v) is 9.57. The number of nitrogens with one attached hydrogen (secondary N) is 2. The minimum Gasteiger partial charge on any atom is -0.308 e. The topological polar surface area (TPSA) is 79.8 Å². The van der Waals surface area contributed by atoms with Crippen LogP contribution in [0, 0.1) is 5.82 Å². The molecule has 134 valence electrons. The van der Waals surface area contributed by atoms with Gasteiger partial charge in [-0.15, -0.1) is 10.2 Å². The second kappa shape index (κ2) is 8.72. The van der Waals surface area contributed by atoms with Gasteiger partial charge in [0, 0.05) is 23.3 Å². The molecule has 3 aromatic rings. The van der Waals surface area contributed by atoms with Crippen molar-refractivity contribution in [1.29, 1.82) is 0 Å². The molecule has 0 radical (unpaired) electrons. The van der Waals surface area contributed by atoms with E-state index in [0.717, 1.165) is 16.3 Å². The maximum atomic E-state index is 13.1. The van der Waals surface area contributed by atoms with E-state index in [2.05, 4.69) is 32.7 Å². The van der Waals surface area contributed by atoms with Crippen molar-refractivity contribution in [3.8, 4) is 0 Å². The summed E-state index contributed by atoms with van der Waals surface area (Å²) in [5.41, 5.74) is 1.48. The number of rotatable bonds is 6. The number of aromatic nitrogens is 3. The maximum absolute atomic E-state index is 13.1. The molecule has 0 bridgehead atoms. The van der Waals surface area contributed by atoms with Gasteiger partial charge in [-0.1, -0.05) is 42.2 Å². The summed E-state index contributed by atoms with van der Waals surface area (Å²) in [5, 5.41) is 13.8. The van der Waals surface area contributed by atoms with Gasteiger partial charge in [0.25, 0.3) is 0 Å². The molecule has 2 N–H and O–H groups in total. The molecule has 0 saturated heterocycles. The second-order valence-electron chi connectivity index (χ2n) is 5.26. The summed E-state index contributed by atoms with van der Waals surface area (Å²) in [6.07, 6.45) is 4.50. The lowest BCUT2D eigenvalue weighted by molar-refractivity contribution is 0.262. The lowest BCUT2D eigenvalue weighted by Gasteiger charge is -2.11. The molecule has 0 aliphatic carbocycles. The molecule has 2 heterocycles. The zero-order valence-corrected chi connectivity index (χ0v) is 15.5. The average molecular weight is 389 g/mol. The van der Waals surface area contributed by atoms with E-state index in [0.29, 0.717) is 10.8 Å². The number of carbonyl (C=O) groups is 1. The second-order valence-corrected chi connectivity index (χ2v) is 7.69. The highest BCUT2D eigenvalue weighted by Gasteiger charge is 2.15. The molecule has 0 spiro atoms. The molecular weight excluding hydrogens is 373 g/mol. The van der Waals surface area contributed by atoms with Gasteiger partial charge in [-0.25, -0.2) is 9.18 Å². The minimum absolute atomic E-state index is 0.214. The third-order valence-corrected chi connectivity index (χ3v) is 5.72. The van der Waals surface area contributed by atoms with Gasteiger partial charge in [0.15, 0.2) is 4.34 Å². The summed E-state index contributed by atoms with van der Waals surface area (Å²) >= 11 is 2.87. The molecule has 2 amide bonds. The van der Waals surface area contributed by atoms with Crippen LogP contribution in [-0.2, 0) is 0 Å². The number of amides is 2. The summed E-state index contributed by atoms with van der Waals surface area (Å²) in [4.78, 5) is 16.1. The molecule has 6 nitrogen and oxygen atoms in total. The number of pyridine rings is 1. The van der Waals surface area contributed by atoms with Crippen molar-refractivity contribution < 1.29 is 9.18 Å². The first-order valence-electron chi connectivity index (χ1n) is 7.87. The Labute approximate surface area is 158 Å². The Hall–Kier alpha value is -2.52. The van der Waals surface area contributed by atoms with Crippen LogP contribution in [0.15, 0.2) is 53.1 Å². The lowest BCUT2D eigenvalue weighted by atomic mass is 10.2. The molecule has 3 rings (SSSR count). The molecule has 26 heavy (non-hydrogen) atoms. The highest BCUT2D eigenvalue weighted by molar-refractivity contribution is 8.01. The van der Waals surface area contributed by atoms with Gasteiger partial charge in [0.1, 0.15) is 5.82 Å². The molecule has 0 aliphatic heterocycles. The van der Waals surface area contributed by atoms with Crippen molar-refractivity contribution in [3.63, 3.8) is 0 Å². The molecular formula is C17H16FN5OS2. The van der Waals surface area contributed by atoms with Gasteiger partial charge in [-0.3, -0.25) is 10.3 Å². The molecule has 1 unspecified atom stereocenters. The summed E-state index contributed by atoms with van der Waals surface area (Å²) in [7, 11) is 0. The van der Waals surface area contributed by atoms with E-state index < -0.39 is 11.8 Å². The molecule has 2 aromatic heterocycles. The highest BCUT2D eigenvalue weighted by Crippen LogP contribution is 2.39. The Kier molecular flexibility index (Phi) is 6.13. The number of hydrogen-bond donors (Lipinski definition) is 2. The smallest absolute Gasteiger partial charge is 0.308 e. The molecule has 0 saturated carbocycles. The molecule has 1 atom stereocenters. The van der Waals surface area contributed by atoms with Crippen LogP contribution in [0.1, 0.15) is 24.2 Å². The van der Waals surface area contributed by atoms with E-state index in [9.17, 15) is 9.18 Å². The van der Waals surface area contributed by atoms with Crippen LogP contribution < -0.4 is 10.6 Å². The van der Waals surface area contributed by atoms with Crippen LogP contribution in [0.2, 0.25) is 0 Å². The third kappa shape index (κ3) is 4.99. The Balaban J connectivity index is 1.59. The number of urea groups is 1. The first-order chi connectivity index (χ1) is 12.6. The van der Waals surface area contributed by atoms with Crippen molar-refractivity contribution in [2.75, 3.05) is 10.6 Å². The van der Waals surface area contributed by atoms with Gasteiger partial charge in [-0.2, -0.15) is 0 Å². The van der Waals surface area contributed by atoms with E-state index in [1.54, 1.807) is 24.0 Å². The van der Waals surface area contributed by atoms with Gasteiger partial charge in [0.2, 0.25) is 5.13 Å². The van der Waals surface area contributed by atoms with Crippen molar-refractivity contribution in [3.05, 3.63) is 60.2 Å². The van der Waals surface area contributed by atoms with E-state index in [4.69, 9.17) is 0 Å². The minimum atomic E-state index is -0.498. The summed E-state index contributed by atoms with van der Waals surface area (Å²) in [6, 6.07) is 9.10. The van der Waals surface area contributed by atoms with Crippen molar-refractivity contribution in [1.82, 2.24) is 15.2 Å². The average Bonchev–Trinajstić information content (AvgIpc) is 3.07. The quantitative estimate of drug-likeness (QED) is 0.460. The van der Waals surface area contributed by atoms with Crippen LogP contribution in [0.4, 0.5) is 20.0 Å². The predicted octanol–water partition coefficient (Wildman–Crippen LogP) is 4.96. The number of carbonyl (C=O) groups excluding carboxylic acids is 1. The number of halogens is 1. The fourth-order valence-electron chi connectivity index (χ4n) is 2.21. The number of anilines is 2. The summed E-state index contributed by atoms with van der Waals surface area (Å²) in [6.45, 7) is 2.09. The Bertz CT molecular complexity index is 874. The molecule has 0 aliphatic rings. The normalized spacial score (nSPS) is 11.8. The molecule has 0 fully saturated rings. The van der Waals surface area contributed by atoms with E-state index in [1.807, 2.05) is 18.3 Å². The summed E-state index contributed by atoms with van der Waals surface area (Å²) in [5.74, 6) is -0.418. The van der Waals surface area contributed by atoms with Crippen molar-refractivity contribution in [2.24, 2.45) is 0 Å². The summed E-state index contributed by atoms with van der Waals surface area (Å²) < 4.78 is 13.9. The number of nitrogens with zero attached hydrogens (tertiary/aromatic N) is 3. The van der Waals surface area contributed by atoms with Crippen LogP contribution in [0.3, 0.4) is 0 Å². The number of hydrogen-bond acceptors (Lipinski definition) is 6. The number of benzene rings is 1. The van der Waals surface area contributed by atoms with E-state index >= 15 is 0 Å². The molecule has 9 heteroatoms. The highest BCUT2D eigenvalue weighted by atomic mass is 32.2. The number of thioether (sulfide) groups is 1. The van der Waals surface area contributed by atoms with E-state index in [1.165, 1.54) is 29.5 Å². The van der Waals surface area contributed by atoms with Crippen molar-refractivity contribution >= 4 is 39.9 Å². The molecule has 1 aromatic carbocycles. The first kappa shape index (κ1) is 18.3. The zero-order chi connectivity index (χ0) is 18.4. The van der Waals surface area contributed by atoms with E-state index in [-0.39, 0.29) is 5.25 Å². The van der Waals surface area contributed by atoms with Gasteiger partial charge in [-0.05, 0) is 36.2 Å². The fourth-order valence-corrected chi connectivity index (χ4v) is 4.23. The lowest BCUT2D eigenvalue weighted by Crippen LogP contribution is -2.19. The fraction of sp³-hybridized carbons (Fsp3) is 0.176. The predicted molar refractivity (Wildman–Crippen MR) is 102 cm³/mol.